The summed E-state index contributed by atoms with van der Waals surface area (Å²) in [5.41, 5.74) is 1.85. The van der Waals surface area contributed by atoms with Crippen LogP contribution in [0.15, 0.2) is 24.3 Å². The zero-order valence-corrected chi connectivity index (χ0v) is 20.9. The van der Waals surface area contributed by atoms with Crippen LogP contribution in [0.5, 0.6) is 0 Å². The van der Waals surface area contributed by atoms with Gasteiger partial charge in [0.1, 0.15) is 6.17 Å². The number of alkyl halides is 3. The first-order valence-corrected chi connectivity index (χ1v) is 12.7. The molecule has 0 heterocycles. The van der Waals surface area contributed by atoms with Crippen molar-refractivity contribution in [2.75, 3.05) is 5.32 Å². The first kappa shape index (κ1) is 27.4. The number of para-hydroxylation sites is 1. The zero-order valence-electron chi connectivity index (χ0n) is 18.6. The molecule has 1 amide bonds. The number of aryl methyl sites for hydroxylation is 1. The van der Waals surface area contributed by atoms with Crippen LogP contribution in [0.3, 0.4) is 0 Å². The van der Waals surface area contributed by atoms with Gasteiger partial charge < -0.3 is 10.6 Å². The summed E-state index contributed by atoms with van der Waals surface area (Å²) in [5, 5.41) is 5.96. The molecule has 3 nitrogen and oxygen atoms in total. The van der Waals surface area contributed by atoms with E-state index in [1.54, 1.807) is 0 Å². The van der Waals surface area contributed by atoms with Crippen LogP contribution in [0.25, 0.3) is 0 Å². The smallest absolute Gasteiger partial charge is 0.228 e. The van der Waals surface area contributed by atoms with E-state index in [2.05, 4.69) is 17.6 Å². The van der Waals surface area contributed by atoms with Gasteiger partial charge in [-0.05, 0) is 25.0 Å². The lowest BCUT2D eigenvalue weighted by molar-refractivity contribution is -0.121. The number of benzene rings is 1. The number of unbranched alkanes of at least 4 members (excludes halogenated alkanes) is 11. The first-order valence-electron chi connectivity index (χ1n) is 11.5. The number of nitrogens with one attached hydrogen (secondary N) is 2. The first-order chi connectivity index (χ1) is 14.3. The van der Waals surface area contributed by atoms with Gasteiger partial charge in [0.25, 0.3) is 0 Å². The molecule has 1 rings (SSSR count). The molecule has 0 spiro atoms. The molecule has 0 radical (unpaired) electrons. The topological polar surface area (TPSA) is 41.1 Å². The van der Waals surface area contributed by atoms with Gasteiger partial charge >= 0.3 is 0 Å². The van der Waals surface area contributed by atoms with Crippen molar-refractivity contribution in [2.45, 2.75) is 107 Å². The summed E-state index contributed by atoms with van der Waals surface area (Å²) >= 11 is 18.2. The van der Waals surface area contributed by atoms with Gasteiger partial charge in [-0.3, -0.25) is 4.79 Å². The molecule has 0 saturated carbocycles. The maximum absolute atomic E-state index is 12.3. The average Bonchev–Trinajstić information content (AvgIpc) is 2.69. The molecule has 1 atom stereocenters. The van der Waals surface area contributed by atoms with Gasteiger partial charge in [0.05, 0.1) is 0 Å². The Balaban J connectivity index is 2.17. The Morgan fingerprint density at radius 1 is 0.867 bits per heavy atom. The van der Waals surface area contributed by atoms with E-state index in [1.807, 2.05) is 31.2 Å². The molecule has 1 aromatic carbocycles. The molecular formula is C24H39Cl3N2O. The van der Waals surface area contributed by atoms with Gasteiger partial charge in [-0.25, -0.2) is 0 Å². The molecule has 0 unspecified atom stereocenters. The molecule has 2 N–H and O–H groups in total. The second-order valence-electron chi connectivity index (χ2n) is 8.14. The van der Waals surface area contributed by atoms with Crippen LogP contribution < -0.4 is 10.6 Å². The van der Waals surface area contributed by atoms with Crippen LogP contribution in [0, 0.1) is 6.92 Å². The van der Waals surface area contributed by atoms with Crippen LogP contribution in [0.4, 0.5) is 5.69 Å². The quantitative estimate of drug-likeness (QED) is 0.143. The maximum atomic E-state index is 12.3. The standard InChI is InChI=1S/C24H39Cl3N2O/c1-3-4-5-6-7-8-9-10-11-12-13-14-19-22(30)29-23(24(25,26)27)28-21-18-16-15-17-20(21)2/h15-18,23,28H,3-14,19H2,1-2H3,(H,29,30)/t23-/m1/s1. The van der Waals surface area contributed by atoms with E-state index in [-0.39, 0.29) is 5.91 Å². The summed E-state index contributed by atoms with van der Waals surface area (Å²) < 4.78 is -1.64. The summed E-state index contributed by atoms with van der Waals surface area (Å²) in [4.78, 5) is 12.3. The molecule has 0 aliphatic carbocycles. The minimum Gasteiger partial charge on any atom is -0.362 e. The van der Waals surface area contributed by atoms with Crippen molar-refractivity contribution in [3.63, 3.8) is 0 Å². The highest BCUT2D eigenvalue weighted by molar-refractivity contribution is 6.68. The SMILES string of the molecule is CCCCCCCCCCCCCCC(=O)N[C@@H](Nc1ccccc1C)C(Cl)(Cl)Cl. The van der Waals surface area contributed by atoms with E-state index in [1.165, 1.54) is 64.2 Å². The van der Waals surface area contributed by atoms with Crippen LogP contribution in [-0.4, -0.2) is 15.9 Å². The van der Waals surface area contributed by atoms with Crippen molar-refractivity contribution >= 4 is 46.4 Å². The van der Waals surface area contributed by atoms with Crippen LogP contribution in [0.2, 0.25) is 0 Å². The third-order valence-corrected chi connectivity index (χ3v) is 5.99. The number of carbonyl (C=O) groups is 1. The van der Waals surface area contributed by atoms with Crippen molar-refractivity contribution in [1.82, 2.24) is 5.32 Å². The number of anilines is 1. The van der Waals surface area contributed by atoms with Gasteiger partial charge in [0.15, 0.2) is 0 Å². The average molecular weight is 478 g/mol. The van der Waals surface area contributed by atoms with Gasteiger partial charge in [0.2, 0.25) is 9.70 Å². The molecule has 30 heavy (non-hydrogen) atoms. The summed E-state index contributed by atoms with van der Waals surface area (Å²) in [6, 6.07) is 7.71. The van der Waals surface area contributed by atoms with Crippen molar-refractivity contribution in [2.24, 2.45) is 0 Å². The van der Waals surface area contributed by atoms with E-state index < -0.39 is 9.96 Å². The Kier molecular flexibility index (Phi) is 14.7. The predicted molar refractivity (Wildman–Crippen MR) is 133 cm³/mol. The van der Waals surface area contributed by atoms with Crippen molar-refractivity contribution in [3.8, 4) is 0 Å². The Morgan fingerprint density at radius 2 is 1.37 bits per heavy atom. The lowest BCUT2D eigenvalue weighted by atomic mass is 10.0. The second-order valence-corrected chi connectivity index (χ2v) is 10.5. The third kappa shape index (κ3) is 12.9. The monoisotopic (exact) mass is 476 g/mol. The minimum absolute atomic E-state index is 0.0977. The Bertz CT molecular complexity index is 590. The van der Waals surface area contributed by atoms with Gasteiger partial charge in [-0.2, -0.15) is 0 Å². The molecule has 0 bridgehead atoms. The predicted octanol–water partition coefficient (Wildman–Crippen LogP) is 8.31. The highest BCUT2D eigenvalue weighted by Gasteiger charge is 2.34. The lowest BCUT2D eigenvalue weighted by Gasteiger charge is -2.28. The molecule has 0 aliphatic rings. The Morgan fingerprint density at radius 3 is 1.87 bits per heavy atom. The number of rotatable bonds is 16. The number of halogens is 3. The maximum Gasteiger partial charge on any atom is 0.228 e. The van der Waals surface area contributed by atoms with E-state index in [0.717, 1.165) is 24.1 Å². The number of hydrogen-bond acceptors (Lipinski definition) is 2. The molecule has 0 aromatic heterocycles. The Hall–Kier alpha value is -0.640. The van der Waals surface area contributed by atoms with E-state index in [0.29, 0.717) is 6.42 Å². The fourth-order valence-corrected chi connectivity index (χ4v) is 3.78. The van der Waals surface area contributed by atoms with Crippen LogP contribution in [-0.2, 0) is 4.79 Å². The van der Waals surface area contributed by atoms with Gasteiger partial charge in [-0.1, -0.05) is 131 Å². The van der Waals surface area contributed by atoms with Gasteiger partial charge in [-0.15, -0.1) is 0 Å². The Labute approximate surface area is 198 Å². The molecule has 172 valence electrons. The van der Waals surface area contributed by atoms with Crippen LogP contribution >= 0.6 is 34.8 Å². The number of carbonyl (C=O) groups excluding carboxylic acids is 1. The van der Waals surface area contributed by atoms with E-state index in [4.69, 9.17) is 34.8 Å². The molecule has 0 fully saturated rings. The highest BCUT2D eigenvalue weighted by atomic mass is 35.6. The molecule has 6 heteroatoms. The molecule has 1 aromatic rings. The van der Waals surface area contributed by atoms with E-state index >= 15 is 0 Å². The van der Waals surface area contributed by atoms with Crippen molar-refractivity contribution in [3.05, 3.63) is 29.8 Å². The zero-order chi connectivity index (χ0) is 22.2. The van der Waals surface area contributed by atoms with Gasteiger partial charge in [0, 0.05) is 12.1 Å². The molecule has 0 aliphatic heterocycles. The van der Waals surface area contributed by atoms with E-state index in [9.17, 15) is 4.79 Å². The van der Waals surface area contributed by atoms with Crippen molar-refractivity contribution in [1.29, 1.82) is 0 Å². The van der Waals surface area contributed by atoms with Crippen molar-refractivity contribution < 1.29 is 4.79 Å². The highest BCUT2D eigenvalue weighted by Crippen LogP contribution is 2.31. The summed E-state index contributed by atoms with van der Waals surface area (Å²) in [7, 11) is 0. The number of hydrogen-bond donors (Lipinski definition) is 2. The largest absolute Gasteiger partial charge is 0.362 e. The fraction of sp³-hybridized carbons (Fsp3) is 0.708. The van der Waals surface area contributed by atoms with Crippen LogP contribution in [0.1, 0.15) is 96.0 Å². The minimum atomic E-state index is -1.64. The fourth-order valence-electron chi connectivity index (χ4n) is 3.45. The molecular weight excluding hydrogens is 439 g/mol. The second kappa shape index (κ2) is 16.1. The summed E-state index contributed by atoms with van der Waals surface area (Å²) in [6.07, 6.45) is 14.8. The summed E-state index contributed by atoms with van der Waals surface area (Å²) in [5.74, 6) is -0.0977. The normalized spacial score (nSPS) is 12.6. The lowest BCUT2D eigenvalue weighted by Crippen LogP contribution is -2.49. The third-order valence-electron chi connectivity index (χ3n) is 5.33. The molecule has 0 saturated heterocycles. The summed E-state index contributed by atoms with van der Waals surface area (Å²) in [6.45, 7) is 4.22. The number of amides is 1.